The number of carbonyl (C=O) groups is 2. The van der Waals surface area contributed by atoms with E-state index >= 15 is 0 Å². The summed E-state index contributed by atoms with van der Waals surface area (Å²) in [5, 5.41) is 1.06. The van der Waals surface area contributed by atoms with Crippen LogP contribution in [0.2, 0.25) is 0 Å². The third-order valence-corrected chi connectivity index (χ3v) is 6.31. The zero-order chi connectivity index (χ0) is 25.6. The van der Waals surface area contributed by atoms with Crippen molar-refractivity contribution in [3.63, 3.8) is 0 Å². The van der Waals surface area contributed by atoms with Crippen LogP contribution in [0, 0.1) is 0 Å². The van der Waals surface area contributed by atoms with Crippen molar-refractivity contribution in [2.24, 2.45) is 0 Å². The maximum Gasteiger partial charge on any atom is 0.326 e. The molecule has 0 aliphatic rings. The molecule has 1 aromatic heterocycles. The highest BCUT2D eigenvalue weighted by Gasteiger charge is 2.18. The summed E-state index contributed by atoms with van der Waals surface area (Å²) in [6, 6.07) is 33.8. The van der Waals surface area contributed by atoms with Gasteiger partial charge in [-0.2, -0.15) is 0 Å². The molecule has 0 radical (unpaired) electrons. The zero-order valence-corrected chi connectivity index (χ0v) is 20.2. The maximum absolute atomic E-state index is 13.2. The van der Waals surface area contributed by atoms with Crippen molar-refractivity contribution in [2.45, 2.75) is 19.6 Å². The summed E-state index contributed by atoms with van der Waals surface area (Å²) >= 11 is 0. The topological polar surface area (TPSA) is 68.6 Å². The van der Waals surface area contributed by atoms with E-state index in [0.717, 1.165) is 11.1 Å². The Morgan fingerprint density at radius 2 is 1.11 bits per heavy atom. The van der Waals surface area contributed by atoms with E-state index in [1.165, 1.54) is 0 Å². The van der Waals surface area contributed by atoms with Crippen molar-refractivity contribution in [3.05, 3.63) is 131 Å². The highest BCUT2D eigenvalue weighted by molar-refractivity contribution is 5.94. The Bertz CT molecular complexity index is 1510. The Hall–Kier alpha value is -4.71. The van der Waals surface area contributed by atoms with Crippen LogP contribution < -0.4 is 5.43 Å². The molecule has 6 heteroatoms. The van der Waals surface area contributed by atoms with Crippen LogP contribution in [0.15, 0.2) is 114 Å². The van der Waals surface area contributed by atoms with E-state index in [1.54, 1.807) is 33.7 Å². The van der Waals surface area contributed by atoms with Crippen LogP contribution in [-0.4, -0.2) is 28.0 Å². The summed E-state index contributed by atoms with van der Waals surface area (Å²) in [5.41, 5.74) is 3.19. The van der Waals surface area contributed by atoms with E-state index in [0.29, 0.717) is 34.9 Å². The average molecular weight is 491 g/mol. The van der Waals surface area contributed by atoms with Gasteiger partial charge in [-0.1, -0.05) is 84.9 Å². The fourth-order valence-corrected chi connectivity index (χ4v) is 4.50. The number of carbonyl (C=O) groups excluding carboxylic acids is 2. The van der Waals surface area contributed by atoms with E-state index in [9.17, 15) is 14.4 Å². The van der Waals surface area contributed by atoms with Crippen molar-refractivity contribution < 1.29 is 14.3 Å². The molecule has 0 saturated carbocycles. The maximum atomic E-state index is 13.2. The number of amides is 1. The summed E-state index contributed by atoms with van der Waals surface area (Å²) in [7, 11) is 0. The molecule has 0 atom stereocenters. The Balaban J connectivity index is 1.34. The van der Waals surface area contributed by atoms with Crippen LogP contribution in [-0.2, 0) is 34.0 Å². The van der Waals surface area contributed by atoms with Crippen LogP contribution in [0.4, 0.5) is 0 Å². The minimum Gasteiger partial charge on any atom is -0.454 e. The SMILES string of the molecule is O=C(Cn1c2ccccc2c(=O)c2ccccc21)OCC(=O)N(Cc1ccccc1)Cc1ccccc1. The summed E-state index contributed by atoms with van der Waals surface area (Å²) in [6.45, 7) is 0.322. The van der Waals surface area contributed by atoms with Gasteiger partial charge < -0.3 is 14.2 Å². The Labute approximate surface area is 214 Å². The number of fused-ring (bicyclic) bond motifs is 2. The smallest absolute Gasteiger partial charge is 0.326 e. The van der Waals surface area contributed by atoms with Crippen molar-refractivity contribution >= 4 is 33.7 Å². The van der Waals surface area contributed by atoms with E-state index < -0.39 is 5.97 Å². The second kappa shape index (κ2) is 10.9. The Kier molecular flexibility index (Phi) is 7.08. The molecule has 0 aliphatic heterocycles. The van der Waals surface area contributed by atoms with Gasteiger partial charge in [0.05, 0.1) is 11.0 Å². The number of hydrogen-bond donors (Lipinski definition) is 0. The molecule has 0 bridgehead atoms. The standard InChI is InChI=1S/C31H26N2O4/c34-29(32(19-23-11-3-1-4-12-23)20-24-13-5-2-6-14-24)22-37-30(35)21-33-27-17-9-7-15-25(27)31(36)26-16-8-10-18-28(26)33/h1-18H,19-22H2. The molecule has 1 heterocycles. The molecule has 0 fully saturated rings. The first-order valence-electron chi connectivity index (χ1n) is 12.1. The van der Waals surface area contributed by atoms with Crippen LogP contribution >= 0.6 is 0 Å². The molecule has 37 heavy (non-hydrogen) atoms. The van der Waals surface area contributed by atoms with Crippen molar-refractivity contribution in [3.8, 4) is 0 Å². The lowest BCUT2D eigenvalue weighted by atomic mass is 10.1. The van der Waals surface area contributed by atoms with Gasteiger partial charge in [0.2, 0.25) is 0 Å². The van der Waals surface area contributed by atoms with E-state index in [-0.39, 0.29) is 24.5 Å². The van der Waals surface area contributed by atoms with Gasteiger partial charge in [-0.25, -0.2) is 0 Å². The summed E-state index contributed by atoms with van der Waals surface area (Å²) in [5.74, 6) is -0.831. The number of benzene rings is 4. The molecule has 0 unspecified atom stereocenters. The van der Waals surface area contributed by atoms with Crippen LogP contribution in [0.3, 0.4) is 0 Å². The third-order valence-electron chi connectivity index (χ3n) is 6.31. The van der Waals surface area contributed by atoms with Gasteiger partial charge in [0.15, 0.2) is 12.0 Å². The number of hydrogen-bond acceptors (Lipinski definition) is 4. The number of nitrogens with zero attached hydrogens (tertiary/aromatic N) is 2. The van der Waals surface area contributed by atoms with Crippen molar-refractivity contribution in [2.75, 3.05) is 6.61 Å². The molecule has 5 aromatic rings. The highest BCUT2D eigenvalue weighted by atomic mass is 16.5. The van der Waals surface area contributed by atoms with Crippen LogP contribution in [0.1, 0.15) is 11.1 Å². The first kappa shape index (κ1) is 24.0. The van der Waals surface area contributed by atoms with Gasteiger partial charge in [-0.05, 0) is 35.4 Å². The normalized spacial score (nSPS) is 10.9. The minimum absolute atomic E-state index is 0.0801. The first-order chi connectivity index (χ1) is 18.1. The quantitative estimate of drug-likeness (QED) is 0.229. The molecule has 184 valence electrons. The van der Waals surface area contributed by atoms with Crippen LogP contribution in [0.5, 0.6) is 0 Å². The number of pyridine rings is 1. The number of rotatable bonds is 8. The number of aromatic nitrogens is 1. The van der Waals surface area contributed by atoms with Gasteiger partial charge in [-0.15, -0.1) is 0 Å². The molecule has 4 aromatic carbocycles. The van der Waals surface area contributed by atoms with Gasteiger partial charge in [0, 0.05) is 23.9 Å². The van der Waals surface area contributed by atoms with Crippen molar-refractivity contribution in [1.29, 1.82) is 0 Å². The molecule has 0 aliphatic carbocycles. The van der Waals surface area contributed by atoms with Crippen molar-refractivity contribution in [1.82, 2.24) is 9.47 Å². The fraction of sp³-hybridized carbons (Fsp3) is 0.129. The lowest BCUT2D eigenvalue weighted by molar-refractivity contribution is -0.153. The molecule has 6 nitrogen and oxygen atoms in total. The first-order valence-corrected chi connectivity index (χ1v) is 12.1. The molecule has 5 rings (SSSR count). The third kappa shape index (κ3) is 5.43. The lowest BCUT2D eigenvalue weighted by Gasteiger charge is -2.23. The Morgan fingerprint density at radius 3 is 1.62 bits per heavy atom. The highest BCUT2D eigenvalue weighted by Crippen LogP contribution is 2.19. The zero-order valence-electron chi connectivity index (χ0n) is 20.2. The number of ether oxygens (including phenoxy) is 1. The second-order valence-corrected chi connectivity index (χ2v) is 8.83. The van der Waals surface area contributed by atoms with Gasteiger partial charge in [-0.3, -0.25) is 14.4 Å². The number of esters is 1. The predicted octanol–water partition coefficient (Wildman–Crippen LogP) is 4.93. The molecule has 1 amide bonds. The molecule has 0 N–H and O–H groups in total. The molecule has 0 saturated heterocycles. The lowest BCUT2D eigenvalue weighted by Crippen LogP contribution is -2.34. The Morgan fingerprint density at radius 1 is 0.649 bits per heavy atom. The van der Waals surface area contributed by atoms with E-state index in [2.05, 4.69) is 0 Å². The van der Waals surface area contributed by atoms with Crippen LogP contribution in [0.25, 0.3) is 21.8 Å². The molecular formula is C31H26N2O4. The van der Waals surface area contributed by atoms with E-state index in [4.69, 9.17) is 4.74 Å². The summed E-state index contributed by atoms with van der Waals surface area (Å²) < 4.78 is 7.23. The van der Waals surface area contributed by atoms with Gasteiger partial charge in [0.25, 0.3) is 5.91 Å². The molecular weight excluding hydrogens is 464 g/mol. The second-order valence-electron chi connectivity index (χ2n) is 8.83. The predicted molar refractivity (Wildman–Crippen MR) is 144 cm³/mol. The van der Waals surface area contributed by atoms with Gasteiger partial charge >= 0.3 is 5.97 Å². The van der Waals surface area contributed by atoms with E-state index in [1.807, 2.05) is 84.9 Å². The molecule has 0 spiro atoms. The monoisotopic (exact) mass is 490 g/mol. The summed E-state index contributed by atoms with van der Waals surface area (Å²) in [6.07, 6.45) is 0. The minimum atomic E-state index is -0.549. The number of para-hydroxylation sites is 2. The fourth-order valence-electron chi connectivity index (χ4n) is 4.50. The summed E-state index contributed by atoms with van der Waals surface area (Å²) in [4.78, 5) is 40.7. The largest absolute Gasteiger partial charge is 0.454 e. The average Bonchev–Trinajstić information content (AvgIpc) is 2.95. The van der Waals surface area contributed by atoms with Gasteiger partial charge in [0.1, 0.15) is 6.54 Å².